The van der Waals surface area contributed by atoms with Crippen LogP contribution in [0.1, 0.15) is 22.5 Å². The quantitative estimate of drug-likeness (QED) is 0.614. The molecule has 0 amide bonds. The monoisotopic (exact) mass is 303 g/mol. The van der Waals surface area contributed by atoms with Crippen molar-refractivity contribution in [2.75, 3.05) is 0 Å². The van der Waals surface area contributed by atoms with Crippen LogP contribution in [0.4, 0.5) is 8.78 Å². The number of hydrogen-bond donors (Lipinski definition) is 0. The Kier molecular flexibility index (Phi) is 3.80. The molecule has 14 heavy (non-hydrogen) atoms. The molecule has 1 aromatic heterocycles. The van der Waals surface area contributed by atoms with E-state index in [0.717, 1.165) is 6.07 Å². The highest BCUT2D eigenvalue weighted by molar-refractivity contribution is 9.10. The number of carbonyl (C=O) groups excluding carboxylic acids is 1. The van der Waals surface area contributed by atoms with Crippen LogP contribution in [-0.2, 0) is 0 Å². The van der Waals surface area contributed by atoms with E-state index in [2.05, 4.69) is 20.9 Å². The smallest absolute Gasteiger partial charge is 0.275 e. The van der Waals surface area contributed by atoms with Gasteiger partial charge in [-0.1, -0.05) is 11.6 Å². The molecule has 0 saturated carbocycles. The Morgan fingerprint density at radius 3 is 2.50 bits per heavy atom. The topological polar surface area (TPSA) is 30.0 Å². The summed E-state index contributed by atoms with van der Waals surface area (Å²) in [6.45, 7) is 0. The third-order valence-electron chi connectivity index (χ3n) is 1.37. The molecule has 0 fully saturated rings. The van der Waals surface area contributed by atoms with Gasteiger partial charge in [-0.05, 0) is 33.6 Å². The lowest BCUT2D eigenvalue weighted by molar-refractivity contribution is 0.107. The van der Waals surface area contributed by atoms with Crippen molar-refractivity contribution in [2.24, 2.45) is 0 Å². The second kappa shape index (κ2) is 4.51. The van der Waals surface area contributed by atoms with Gasteiger partial charge in [-0.2, -0.15) is 0 Å². The van der Waals surface area contributed by atoms with E-state index in [1.165, 1.54) is 0 Å². The number of nitrogens with zero attached hydrogens (tertiary/aromatic N) is 1. The van der Waals surface area contributed by atoms with Crippen molar-refractivity contribution in [3.63, 3.8) is 0 Å². The second-order valence-corrected chi connectivity index (χ2v) is 3.77. The highest BCUT2D eigenvalue weighted by atomic mass is 79.9. The number of rotatable bonds is 2. The molecule has 0 aromatic carbocycles. The first-order chi connectivity index (χ1) is 6.43. The van der Waals surface area contributed by atoms with E-state index in [1.54, 1.807) is 0 Å². The lowest BCUT2D eigenvalue weighted by Crippen LogP contribution is -1.99. The van der Waals surface area contributed by atoms with E-state index in [4.69, 9.17) is 23.2 Å². The van der Waals surface area contributed by atoms with E-state index in [1.807, 2.05) is 0 Å². The minimum Gasteiger partial charge on any atom is -0.275 e. The molecule has 0 bridgehead atoms. The summed E-state index contributed by atoms with van der Waals surface area (Å²) in [5.74, 6) is 0. The van der Waals surface area contributed by atoms with Crippen molar-refractivity contribution in [1.82, 2.24) is 4.98 Å². The van der Waals surface area contributed by atoms with Crippen LogP contribution in [0.25, 0.3) is 0 Å². The molecule has 7 heteroatoms. The van der Waals surface area contributed by atoms with Gasteiger partial charge in [0.25, 0.3) is 11.7 Å². The molecule has 2 nitrogen and oxygen atoms in total. The SMILES string of the molecule is O=C(Cl)c1c(Cl)cc(C(F)F)nc1Br. The summed E-state index contributed by atoms with van der Waals surface area (Å²) >= 11 is 13.6. The summed E-state index contributed by atoms with van der Waals surface area (Å²) in [5, 5.41) is -1.00. The van der Waals surface area contributed by atoms with Crippen LogP contribution in [0.2, 0.25) is 5.02 Å². The van der Waals surface area contributed by atoms with Crippen LogP contribution in [-0.4, -0.2) is 10.2 Å². The van der Waals surface area contributed by atoms with Gasteiger partial charge in [0.2, 0.25) is 0 Å². The van der Waals surface area contributed by atoms with Crippen LogP contribution < -0.4 is 0 Å². The van der Waals surface area contributed by atoms with Gasteiger partial charge >= 0.3 is 0 Å². The molecule has 0 spiro atoms. The van der Waals surface area contributed by atoms with Gasteiger partial charge in [0, 0.05) is 0 Å². The molecule has 1 heterocycles. The van der Waals surface area contributed by atoms with E-state index >= 15 is 0 Å². The van der Waals surface area contributed by atoms with E-state index in [0.29, 0.717) is 0 Å². The third-order valence-corrected chi connectivity index (χ3v) is 2.43. The predicted molar refractivity (Wildman–Crippen MR) is 52.1 cm³/mol. The van der Waals surface area contributed by atoms with Gasteiger partial charge in [0.1, 0.15) is 10.3 Å². The lowest BCUT2D eigenvalue weighted by Gasteiger charge is -2.04. The van der Waals surface area contributed by atoms with Crippen molar-refractivity contribution in [1.29, 1.82) is 0 Å². The van der Waals surface area contributed by atoms with Crippen molar-refractivity contribution in [2.45, 2.75) is 6.43 Å². The summed E-state index contributed by atoms with van der Waals surface area (Å²) in [5.41, 5.74) is -0.624. The molecular formula is C7H2BrCl2F2NO. The first-order valence-corrected chi connectivity index (χ1v) is 4.82. The average molecular weight is 305 g/mol. The van der Waals surface area contributed by atoms with Crippen LogP contribution in [0, 0.1) is 0 Å². The Bertz CT molecular complexity index is 363. The third kappa shape index (κ3) is 2.40. The zero-order valence-electron chi connectivity index (χ0n) is 6.40. The maximum absolute atomic E-state index is 12.2. The first-order valence-electron chi connectivity index (χ1n) is 3.27. The molecule has 0 aliphatic carbocycles. The Hall–Kier alpha value is -0.260. The van der Waals surface area contributed by atoms with Gasteiger partial charge in [-0.25, -0.2) is 13.8 Å². The van der Waals surface area contributed by atoms with Crippen molar-refractivity contribution >= 4 is 44.4 Å². The highest BCUT2D eigenvalue weighted by Crippen LogP contribution is 2.29. The van der Waals surface area contributed by atoms with Gasteiger partial charge in [0.05, 0.1) is 10.6 Å². The van der Waals surface area contributed by atoms with Crippen molar-refractivity contribution in [3.05, 3.63) is 26.9 Å². The molecule has 0 saturated heterocycles. The molecule has 1 rings (SSSR count). The summed E-state index contributed by atoms with van der Waals surface area (Å²) < 4.78 is 24.3. The fourth-order valence-electron chi connectivity index (χ4n) is 0.789. The summed E-state index contributed by atoms with van der Waals surface area (Å²) in [6.07, 6.45) is -2.75. The van der Waals surface area contributed by atoms with Gasteiger partial charge in [-0.3, -0.25) is 4.79 Å². The Morgan fingerprint density at radius 2 is 2.14 bits per heavy atom. The first kappa shape index (κ1) is 11.8. The number of alkyl halides is 2. The molecule has 76 valence electrons. The number of pyridine rings is 1. The lowest BCUT2D eigenvalue weighted by atomic mass is 10.2. The van der Waals surface area contributed by atoms with Crippen molar-refractivity contribution in [3.8, 4) is 0 Å². The standard InChI is InChI=1S/C7H2BrCl2F2NO/c8-5-4(6(10)14)2(9)1-3(13-5)7(11)12/h1,7H. The van der Waals surface area contributed by atoms with Crippen LogP contribution >= 0.6 is 39.1 Å². The molecule has 0 N–H and O–H groups in total. The highest BCUT2D eigenvalue weighted by Gasteiger charge is 2.18. The van der Waals surface area contributed by atoms with Crippen LogP contribution in [0.5, 0.6) is 0 Å². The number of aromatic nitrogens is 1. The predicted octanol–water partition coefficient (Wildman–Crippen LogP) is 3.81. The Balaban J connectivity index is 3.32. The fraction of sp³-hybridized carbons (Fsp3) is 0.143. The van der Waals surface area contributed by atoms with E-state index in [-0.39, 0.29) is 15.2 Å². The molecule has 0 unspecified atom stereocenters. The molecular weight excluding hydrogens is 303 g/mol. The number of halogens is 5. The summed E-state index contributed by atoms with van der Waals surface area (Å²) in [6, 6.07) is 0.909. The molecule has 0 atom stereocenters. The molecule has 0 aliphatic rings. The number of hydrogen-bond acceptors (Lipinski definition) is 2. The number of carbonyl (C=O) groups is 1. The normalized spacial score (nSPS) is 10.7. The zero-order chi connectivity index (χ0) is 10.9. The van der Waals surface area contributed by atoms with Gasteiger partial charge in [0.15, 0.2) is 0 Å². The van der Waals surface area contributed by atoms with Crippen molar-refractivity contribution < 1.29 is 13.6 Å². The molecule has 0 aliphatic heterocycles. The van der Waals surface area contributed by atoms with E-state index in [9.17, 15) is 13.6 Å². The fourth-order valence-corrected chi connectivity index (χ4v) is 2.14. The van der Waals surface area contributed by atoms with E-state index < -0.39 is 17.4 Å². The van der Waals surface area contributed by atoms with Crippen LogP contribution in [0.15, 0.2) is 10.7 Å². The summed E-state index contributed by atoms with van der Waals surface area (Å²) in [4.78, 5) is 14.2. The molecule has 0 radical (unpaired) electrons. The average Bonchev–Trinajstić information content (AvgIpc) is 2.01. The maximum atomic E-state index is 12.2. The Labute approximate surface area is 96.3 Å². The maximum Gasteiger partial charge on any atom is 0.280 e. The zero-order valence-corrected chi connectivity index (χ0v) is 9.50. The largest absolute Gasteiger partial charge is 0.280 e. The minimum atomic E-state index is -2.75. The minimum absolute atomic E-state index is 0.0831. The van der Waals surface area contributed by atoms with Gasteiger partial charge < -0.3 is 0 Å². The Morgan fingerprint density at radius 1 is 1.57 bits per heavy atom. The summed E-state index contributed by atoms with van der Waals surface area (Å²) in [7, 11) is 0. The molecule has 1 aromatic rings. The van der Waals surface area contributed by atoms with Crippen LogP contribution in [0.3, 0.4) is 0 Å². The second-order valence-electron chi connectivity index (χ2n) is 2.27. The van der Waals surface area contributed by atoms with Gasteiger partial charge in [-0.15, -0.1) is 0 Å².